The lowest BCUT2D eigenvalue weighted by Gasteiger charge is -2.19. The average molecular weight is 305 g/mol. The van der Waals surface area contributed by atoms with Crippen molar-refractivity contribution in [2.75, 3.05) is 7.11 Å². The van der Waals surface area contributed by atoms with Crippen molar-refractivity contribution in [3.8, 4) is 5.88 Å². The van der Waals surface area contributed by atoms with Crippen molar-refractivity contribution < 1.29 is 4.74 Å². The average Bonchev–Trinajstić information content (AvgIpc) is 2.94. The molecule has 0 saturated carbocycles. The molecule has 2 heterocycles. The summed E-state index contributed by atoms with van der Waals surface area (Å²) in [5.74, 6) is 1.08. The highest BCUT2D eigenvalue weighted by atomic mass is 32.1. The number of pyridine rings is 1. The zero-order valence-corrected chi connectivity index (χ0v) is 14.1. The number of methoxy groups -OCH3 is 1. The number of aromatic nitrogens is 2. The molecule has 0 aromatic carbocycles. The number of thiazole rings is 1. The largest absolute Gasteiger partial charge is 0.481 e. The molecule has 2 rings (SSSR count). The molecule has 2 aromatic heterocycles. The van der Waals surface area contributed by atoms with Crippen molar-refractivity contribution >= 4 is 11.3 Å². The van der Waals surface area contributed by atoms with E-state index in [2.05, 4.69) is 43.4 Å². The van der Waals surface area contributed by atoms with Gasteiger partial charge in [-0.15, -0.1) is 11.3 Å². The molecule has 0 amide bonds. The smallest absolute Gasteiger partial charge is 0.212 e. The minimum atomic E-state index is 0.0703. The lowest BCUT2D eigenvalue weighted by molar-refractivity contribution is 0.397. The standard InChI is InChI=1S/C16H23N3OS/c1-10(2)13-9-21-16(19-13)15(18-11(3)4)12-6-7-14(20-5)17-8-12/h6-11,15,18H,1-5H3. The van der Waals surface area contributed by atoms with Gasteiger partial charge < -0.3 is 10.1 Å². The Morgan fingerprint density at radius 3 is 2.43 bits per heavy atom. The van der Waals surface area contributed by atoms with E-state index in [1.807, 2.05) is 18.3 Å². The summed E-state index contributed by atoms with van der Waals surface area (Å²) in [6, 6.07) is 4.37. The van der Waals surface area contributed by atoms with Gasteiger partial charge in [0, 0.05) is 23.7 Å². The molecule has 114 valence electrons. The van der Waals surface area contributed by atoms with E-state index in [9.17, 15) is 0 Å². The second kappa shape index (κ2) is 7.00. The third-order valence-electron chi connectivity index (χ3n) is 3.18. The van der Waals surface area contributed by atoms with Crippen LogP contribution in [0.1, 0.15) is 55.9 Å². The van der Waals surface area contributed by atoms with Gasteiger partial charge in [0.25, 0.3) is 0 Å². The summed E-state index contributed by atoms with van der Waals surface area (Å²) in [6.45, 7) is 8.61. The van der Waals surface area contributed by atoms with E-state index in [0.29, 0.717) is 17.8 Å². The first-order chi connectivity index (χ1) is 10.0. The van der Waals surface area contributed by atoms with Gasteiger partial charge in [-0.2, -0.15) is 0 Å². The Bertz CT molecular complexity index is 563. The van der Waals surface area contributed by atoms with E-state index < -0.39 is 0 Å². The summed E-state index contributed by atoms with van der Waals surface area (Å²) in [7, 11) is 1.63. The lowest BCUT2D eigenvalue weighted by Crippen LogP contribution is -2.29. The predicted octanol–water partition coefficient (Wildman–Crippen LogP) is 3.76. The van der Waals surface area contributed by atoms with Crippen LogP contribution in [0.3, 0.4) is 0 Å². The predicted molar refractivity (Wildman–Crippen MR) is 87.1 cm³/mol. The second-order valence-electron chi connectivity index (χ2n) is 5.65. The molecule has 21 heavy (non-hydrogen) atoms. The second-order valence-corrected chi connectivity index (χ2v) is 6.54. The molecule has 1 N–H and O–H groups in total. The molecule has 2 aromatic rings. The van der Waals surface area contributed by atoms with Crippen LogP contribution < -0.4 is 10.1 Å². The molecule has 0 radical (unpaired) electrons. The molecule has 4 nitrogen and oxygen atoms in total. The summed E-state index contributed by atoms with van der Waals surface area (Å²) in [5.41, 5.74) is 2.25. The third kappa shape index (κ3) is 4.02. The van der Waals surface area contributed by atoms with Crippen LogP contribution >= 0.6 is 11.3 Å². The highest BCUT2D eigenvalue weighted by Gasteiger charge is 2.20. The molecule has 1 unspecified atom stereocenters. The molecule has 0 fully saturated rings. The summed E-state index contributed by atoms with van der Waals surface area (Å²) in [6.07, 6.45) is 1.86. The van der Waals surface area contributed by atoms with E-state index in [4.69, 9.17) is 9.72 Å². The summed E-state index contributed by atoms with van der Waals surface area (Å²) in [5, 5.41) is 6.80. The molecule has 0 bridgehead atoms. The van der Waals surface area contributed by atoms with Crippen LogP contribution in [0.2, 0.25) is 0 Å². The normalized spacial score (nSPS) is 12.9. The zero-order chi connectivity index (χ0) is 15.4. The zero-order valence-electron chi connectivity index (χ0n) is 13.3. The summed E-state index contributed by atoms with van der Waals surface area (Å²) < 4.78 is 5.13. The summed E-state index contributed by atoms with van der Waals surface area (Å²) in [4.78, 5) is 9.09. The molecule has 1 atom stereocenters. The molecule has 0 saturated heterocycles. The van der Waals surface area contributed by atoms with E-state index in [-0.39, 0.29) is 6.04 Å². The van der Waals surface area contributed by atoms with Crippen molar-refractivity contribution in [1.82, 2.24) is 15.3 Å². The van der Waals surface area contributed by atoms with Crippen LogP contribution in [0.25, 0.3) is 0 Å². The molecule has 0 aliphatic rings. The van der Waals surface area contributed by atoms with Crippen molar-refractivity contribution in [3.05, 3.63) is 40.0 Å². The SMILES string of the molecule is COc1ccc(C(NC(C)C)c2nc(C(C)C)cs2)cn1. The van der Waals surface area contributed by atoms with Gasteiger partial charge in [0.15, 0.2) is 0 Å². The number of ether oxygens (including phenoxy) is 1. The Kier molecular flexibility index (Phi) is 5.31. The number of hydrogen-bond donors (Lipinski definition) is 1. The Labute approximate surface area is 130 Å². The van der Waals surface area contributed by atoms with Gasteiger partial charge in [0.05, 0.1) is 18.8 Å². The number of nitrogens with zero attached hydrogens (tertiary/aromatic N) is 2. The minimum Gasteiger partial charge on any atom is -0.481 e. The van der Waals surface area contributed by atoms with Crippen molar-refractivity contribution in [2.45, 2.75) is 45.7 Å². The van der Waals surface area contributed by atoms with E-state index in [1.165, 1.54) is 0 Å². The molecular weight excluding hydrogens is 282 g/mol. The first-order valence-corrected chi connectivity index (χ1v) is 8.10. The van der Waals surface area contributed by atoms with Gasteiger partial charge in [-0.1, -0.05) is 19.9 Å². The monoisotopic (exact) mass is 305 g/mol. The third-order valence-corrected chi connectivity index (χ3v) is 4.11. The highest BCUT2D eigenvalue weighted by molar-refractivity contribution is 7.09. The van der Waals surface area contributed by atoms with Gasteiger partial charge in [0.1, 0.15) is 5.01 Å². The van der Waals surface area contributed by atoms with E-state index in [0.717, 1.165) is 16.3 Å². The van der Waals surface area contributed by atoms with Crippen LogP contribution in [0.15, 0.2) is 23.7 Å². The maximum Gasteiger partial charge on any atom is 0.212 e. The van der Waals surface area contributed by atoms with Crippen LogP contribution in [-0.2, 0) is 0 Å². The van der Waals surface area contributed by atoms with Gasteiger partial charge in [-0.25, -0.2) is 9.97 Å². The van der Waals surface area contributed by atoms with Crippen molar-refractivity contribution in [3.63, 3.8) is 0 Å². The maximum atomic E-state index is 5.13. The minimum absolute atomic E-state index is 0.0703. The quantitative estimate of drug-likeness (QED) is 0.883. The van der Waals surface area contributed by atoms with E-state index >= 15 is 0 Å². The van der Waals surface area contributed by atoms with Crippen LogP contribution in [0, 0.1) is 0 Å². The van der Waals surface area contributed by atoms with Crippen LogP contribution in [-0.4, -0.2) is 23.1 Å². The van der Waals surface area contributed by atoms with E-state index in [1.54, 1.807) is 18.4 Å². The first-order valence-electron chi connectivity index (χ1n) is 7.22. The molecule has 0 spiro atoms. The van der Waals surface area contributed by atoms with Crippen molar-refractivity contribution in [1.29, 1.82) is 0 Å². The number of rotatable bonds is 6. The molecule has 5 heteroatoms. The van der Waals surface area contributed by atoms with Gasteiger partial charge in [-0.05, 0) is 25.3 Å². The van der Waals surface area contributed by atoms with Crippen LogP contribution in [0.4, 0.5) is 0 Å². The maximum absolute atomic E-state index is 5.13. The van der Waals surface area contributed by atoms with Gasteiger partial charge in [-0.3, -0.25) is 0 Å². The van der Waals surface area contributed by atoms with Crippen molar-refractivity contribution in [2.24, 2.45) is 0 Å². The fraction of sp³-hybridized carbons (Fsp3) is 0.500. The molecular formula is C16H23N3OS. The number of nitrogens with one attached hydrogen (secondary N) is 1. The topological polar surface area (TPSA) is 47.0 Å². The lowest BCUT2D eigenvalue weighted by atomic mass is 10.1. The van der Waals surface area contributed by atoms with Crippen LogP contribution in [0.5, 0.6) is 5.88 Å². The Balaban J connectivity index is 2.31. The Hall–Kier alpha value is -1.46. The fourth-order valence-corrected chi connectivity index (χ4v) is 3.09. The summed E-state index contributed by atoms with van der Waals surface area (Å²) >= 11 is 1.70. The highest BCUT2D eigenvalue weighted by Crippen LogP contribution is 2.28. The Morgan fingerprint density at radius 2 is 1.95 bits per heavy atom. The van der Waals surface area contributed by atoms with Gasteiger partial charge >= 0.3 is 0 Å². The number of hydrogen-bond acceptors (Lipinski definition) is 5. The molecule has 0 aliphatic carbocycles. The first kappa shape index (κ1) is 15.9. The molecule has 0 aliphatic heterocycles. The Morgan fingerprint density at radius 1 is 1.19 bits per heavy atom. The fourth-order valence-electron chi connectivity index (χ4n) is 2.03. The van der Waals surface area contributed by atoms with Gasteiger partial charge in [0.2, 0.25) is 5.88 Å².